The summed E-state index contributed by atoms with van der Waals surface area (Å²) in [5.74, 6) is 0.683. The first-order valence-electron chi connectivity index (χ1n) is 4.03. The quantitative estimate of drug-likeness (QED) is 0.851. The minimum absolute atomic E-state index is 0. The summed E-state index contributed by atoms with van der Waals surface area (Å²) in [6, 6.07) is 6.74. The largest absolute Gasteiger partial charge is 0.497 e. The molecule has 0 aromatic heterocycles. The van der Waals surface area contributed by atoms with Gasteiger partial charge in [-0.3, -0.25) is 0 Å². The maximum atomic E-state index is 12.0. The van der Waals surface area contributed by atoms with E-state index in [4.69, 9.17) is 4.74 Å². The highest BCUT2D eigenvalue weighted by atomic mass is 35.5. The van der Waals surface area contributed by atoms with Gasteiger partial charge in [0.15, 0.2) is 0 Å². The molecule has 1 aromatic carbocycles. The first-order chi connectivity index (χ1) is 7.01. The van der Waals surface area contributed by atoms with Crippen LogP contribution in [0, 0.1) is 0 Å². The predicted octanol–water partition coefficient (Wildman–Crippen LogP) is 2.30. The van der Waals surface area contributed by atoms with E-state index in [1.165, 1.54) is 7.11 Å². The molecule has 16 heavy (non-hydrogen) atoms. The van der Waals surface area contributed by atoms with Gasteiger partial charge in [-0.1, -0.05) is 0 Å². The molecule has 0 radical (unpaired) electrons. The first-order valence-corrected chi connectivity index (χ1v) is 5.48. The van der Waals surface area contributed by atoms with Crippen LogP contribution in [-0.4, -0.2) is 15.5 Å². The third-order valence-electron chi connectivity index (χ3n) is 1.57. The van der Waals surface area contributed by atoms with Crippen LogP contribution >= 0.6 is 12.4 Å². The zero-order valence-electron chi connectivity index (χ0n) is 8.38. The molecule has 0 aliphatic rings. The topological polar surface area (TPSA) is 55.4 Å². The Bertz CT molecular complexity index is 444. The van der Waals surface area contributed by atoms with Crippen molar-refractivity contribution in [1.82, 2.24) is 0 Å². The highest BCUT2D eigenvalue weighted by Crippen LogP contribution is 2.14. The summed E-state index contributed by atoms with van der Waals surface area (Å²) in [5, 5.41) is 3.04. The molecule has 0 atom stereocenters. The van der Waals surface area contributed by atoms with E-state index in [-0.39, 0.29) is 12.4 Å². The van der Waals surface area contributed by atoms with Gasteiger partial charge in [0.25, 0.3) is 0 Å². The van der Waals surface area contributed by atoms with Gasteiger partial charge in [-0.2, -0.15) is 8.42 Å². The normalized spacial score (nSPS) is 10.9. The second-order valence-electron chi connectivity index (χ2n) is 2.65. The lowest BCUT2D eigenvalue weighted by Crippen LogP contribution is -1.90. The maximum Gasteiger partial charge on any atom is 0.326 e. The summed E-state index contributed by atoms with van der Waals surface area (Å²) < 4.78 is 37.2. The van der Waals surface area contributed by atoms with Crippen LogP contribution in [0.5, 0.6) is 5.75 Å². The van der Waals surface area contributed by atoms with Crippen LogP contribution < -0.4 is 10.1 Å². The molecule has 0 heterocycles. The molecular weight excluding hydrogens is 257 g/mol. The minimum atomic E-state index is -4.57. The SMILES string of the molecule is COc1ccc(N/C=C/S(=O)(=O)F)cc1.Cl. The lowest BCUT2D eigenvalue weighted by molar-refractivity contribution is 0.415. The number of hydrogen-bond acceptors (Lipinski definition) is 4. The molecule has 0 aliphatic carbocycles. The summed E-state index contributed by atoms with van der Waals surface area (Å²) in [4.78, 5) is 0. The van der Waals surface area contributed by atoms with Crippen LogP contribution in [-0.2, 0) is 10.2 Å². The summed E-state index contributed by atoms with van der Waals surface area (Å²) in [5.41, 5.74) is 0.635. The number of rotatable bonds is 4. The summed E-state index contributed by atoms with van der Waals surface area (Å²) in [7, 11) is -3.04. The van der Waals surface area contributed by atoms with Gasteiger partial charge in [-0.15, -0.1) is 16.3 Å². The van der Waals surface area contributed by atoms with Crippen LogP contribution in [0.2, 0.25) is 0 Å². The second-order valence-corrected chi connectivity index (χ2v) is 3.87. The average Bonchev–Trinajstić information content (AvgIpc) is 2.17. The Morgan fingerprint density at radius 1 is 1.31 bits per heavy atom. The zero-order chi connectivity index (χ0) is 11.3. The van der Waals surface area contributed by atoms with E-state index < -0.39 is 10.2 Å². The monoisotopic (exact) mass is 267 g/mol. The lowest BCUT2D eigenvalue weighted by Gasteiger charge is -2.02. The van der Waals surface area contributed by atoms with E-state index in [1.54, 1.807) is 24.3 Å². The number of nitrogens with one attached hydrogen (secondary N) is 1. The molecule has 1 aromatic rings. The Balaban J connectivity index is 0.00000225. The third-order valence-corrected chi connectivity index (χ3v) is 2.03. The van der Waals surface area contributed by atoms with Gasteiger partial charge in [0.1, 0.15) is 5.75 Å². The van der Waals surface area contributed by atoms with Crippen molar-refractivity contribution in [3.63, 3.8) is 0 Å². The maximum absolute atomic E-state index is 12.0. The molecule has 0 spiro atoms. The Morgan fingerprint density at radius 2 is 1.88 bits per heavy atom. The highest BCUT2D eigenvalue weighted by molar-refractivity contribution is 7.89. The zero-order valence-corrected chi connectivity index (χ0v) is 10.0. The van der Waals surface area contributed by atoms with Crippen LogP contribution in [0.15, 0.2) is 35.9 Å². The minimum Gasteiger partial charge on any atom is -0.497 e. The number of methoxy groups -OCH3 is 1. The molecule has 1 N–H and O–H groups in total. The van der Waals surface area contributed by atoms with Gasteiger partial charge in [0.05, 0.1) is 12.5 Å². The van der Waals surface area contributed by atoms with E-state index in [2.05, 4.69) is 5.32 Å². The molecule has 0 fully saturated rings. The fraction of sp³-hybridized carbons (Fsp3) is 0.111. The second kappa shape index (κ2) is 6.34. The van der Waals surface area contributed by atoms with Gasteiger partial charge >= 0.3 is 10.2 Å². The van der Waals surface area contributed by atoms with Crippen molar-refractivity contribution in [1.29, 1.82) is 0 Å². The van der Waals surface area contributed by atoms with Crippen molar-refractivity contribution >= 4 is 28.3 Å². The van der Waals surface area contributed by atoms with Crippen molar-refractivity contribution in [3.05, 3.63) is 35.9 Å². The van der Waals surface area contributed by atoms with Gasteiger partial charge in [-0.25, -0.2) is 0 Å². The van der Waals surface area contributed by atoms with Crippen molar-refractivity contribution in [2.45, 2.75) is 0 Å². The van der Waals surface area contributed by atoms with Crippen LogP contribution in [0.25, 0.3) is 0 Å². The fourth-order valence-corrected chi connectivity index (χ4v) is 1.13. The molecule has 0 aliphatic heterocycles. The van der Waals surface area contributed by atoms with Gasteiger partial charge in [0.2, 0.25) is 0 Å². The molecule has 0 saturated carbocycles. The molecule has 0 unspecified atom stereocenters. The first kappa shape index (κ1) is 14.7. The summed E-state index contributed by atoms with van der Waals surface area (Å²) in [6.07, 6.45) is 1.01. The summed E-state index contributed by atoms with van der Waals surface area (Å²) in [6.45, 7) is 0. The molecule has 7 heteroatoms. The van der Waals surface area contributed by atoms with Crippen LogP contribution in [0.4, 0.5) is 9.57 Å². The number of benzene rings is 1. The number of anilines is 1. The number of halogens is 2. The molecule has 1 rings (SSSR count). The standard InChI is InChI=1S/C9H10FNO3S.ClH/c1-14-9-4-2-8(3-5-9)11-6-7-15(10,12)13;/h2-7,11H,1H3;1H/b7-6+;. The van der Waals surface area contributed by atoms with E-state index >= 15 is 0 Å². The average molecular weight is 268 g/mol. The smallest absolute Gasteiger partial charge is 0.326 e. The van der Waals surface area contributed by atoms with E-state index in [0.29, 0.717) is 16.8 Å². The van der Waals surface area contributed by atoms with Gasteiger partial charge < -0.3 is 10.1 Å². The lowest BCUT2D eigenvalue weighted by atomic mass is 10.3. The van der Waals surface area contributed by atoms with E-state index in [0.717, 1.165) is 6.20 Å². The van der Waals surface area contributed by atoms with E-state index in [9.17, 15) is 12.3 Å². The molecule has 0 bridgehead atoms. The third kappa shape index (κ3) is 5.57. The number of ether oxygens (including phenoxy) is 1. The molecule has 4 nitrogen and oxygen atoms in total. The van der Waals surface area contributed by atoms with E-state index in [1.807, 2.05) is 0 Å². The highest BCUT2D eigenvalue weighted by Gasteiger charge is 1.97. The Hall–Kier alpha value is -1.27. The summed E-state index contributed by atoms with van der Waals surface area (Å²) >= 11 is 0. The van der Waals surface area contributed by atoms with Gasteiger partial charge in [-0.05, 0) is 24.3 Å². The molecule has 0 amide bonds. The molecule has 0 saturated heterocycles. The van der Waals surface area contributed by atoms with Crippen LogP contribution in [0.3, 0.4) is 0 Å². The van der Waals surface area contributed by atoms with Crippen molar-refractivity contribution < 1.29 is 17.0 Å². The predicted molar refractivity (Wildman–Crippen MR) is 63.0 cm³/mol. The van der Waals surface area contributed by atoms with Crippen LogP contribution in [0.1, 0.15) is 0 Å². The number of hydrogen-bond donors (Lipinski definition) is 1. The molecular formula is C9H11ClFNO3S. The Morgan fingerprint density at radius 3 is 2.31 bits per heavy atom. The molecule has 90 valence electrons. The Kier molecular flexibility index (Phi) is 5.84. The van der Waals surface area contributed by atoms with Gasteiger partial charge in [0, 0.05) is 11.9 Å². The Labute approximate surface area is 99.7 Å². The van der Waals surface area contributed by atoms with Crippen molar-refractivity contribution in [3.8, 4) is 5.75 Å². The fourth-order valence-electron chi connectivity index (χ4n) is 0.899. The van der Waals surface area contributed by atoms with Crippen molar-refractivity contribution in [2.24, 2.45) is 0 Å². The van der Waals surface area contributed by atoms with Crippen molar-refractivity contribution in [2.75, 3.05) is 12.4 Å².